The molecule has 0 radical (unpaired) electrons. The number of aromatic nitrogens is 1. The van der Waals surface area contributed by atoms with Crippen LogP contribution in [0.1, 0.15) is 29.7 Å². The molecule has 98 valence electrons. The molecule has 0 bridgehead atoms. The molecular formula is C16H17NO2. The van der Waals surface area contributed by atoms with E-state index in [2.05, 4.69) is 15.8 Å². The molecule has 1 aliphatic carbocycles. The highest BCUT2D eigenvalue weighted by Gasteiger charge is 2.15. The number of hydrogen-bond donors (Lipinski definition) is 1. The van der Waals surface area contributed by atoms with Crippen molar-refractivity contribution in [3.05, 3.63) is 41.1 Å². The van der Waals surface area contributed by atoms with Gasteiger partial charge >= 0.3 is 5.97 Å². The highest BCUT2D eigenvalue weighted by molar-refractivity contribution is 5.95. The lowest BCUT2D eigenvalue weighted by molar-refractivity contribution is -0.134. The number of hydrogen-bond acceptors (Lipinski definition) is 2. The Labute approximate surface area is 112 Å². The zero-order valence-electron chi connectivity index (χ0n) is 11.0. The quantitative estimate of drug-likeness (QED) is 0.661. The fourth-order valence-corrected chi connectivity index (χ4v) is 2.82. The van der Waals surface area contributed by atoms with Gasteiger partial charge in [0, 0.05) is 17.2 Å². The van der Waals surface area contributed by atoms with Crippen LogP contribution in [0.2, 0.25) is 0 Å². The molecule has 0 spiro atoms. The first-order valence-electron chi connectivity index (χ1n) is 6.68. The monoisotopic (exact) mass is 255 g/mol. The lowest BCUT2D eigenvalue weighted by Crippen LogP contribution is -1.99. The Kier molecular flexibility index (Phi) is 3.11. The molecule has 19 heavy (non-hydrogen) atoms. The summed E-state index contributed by atoms with van der Waals surface area (Å²) in [5.74, 6) is -0.326. The number of carbonyl (C=O) groups is 1. The van der Waals surface area contributed by atoms with E-state index < -0.39 is 0 Å². The average molecular weight is 255 g/mol. The summed E-state index contributed by atoms with van der Waals surface area (Å²) in [6.45, 7) is 0. The first kappa shape index (κ1) is 12.0. The van der Waals surface area contributed by atoms with E-state index in [-0.39, 0.29) is 5.97 Å². The van der Waals surface area contributed by atoms with Crippen LogP contribution in [0.25, 0.3) is 17.0 Å². The summed E-state index contributed by atoms with van der Waals surface area (Å²) in [6, 6.07) is 6.22. The third-order valence-electron chi connectivity index (χ3n) is 3.77. The van der Waals surface area contributed by atoms with Crippen molar-refractivity contribution < 1.29 is 9.53 Å². The Bertz CT molecular complexity index is 652. The summed E-state index contributed by atoms with van der Waals surface area (Å²) in [5, 5.41) is 1.29. The first-order chi connectivity index (χ1) is 9.29. The lowest BCUT2D eigenvalue weighted by atomic mass is 9.95. The van der Waals surface area contributed by atoms with Gasteiger partial charge in [-0.1, -0.05) is 18.2 Å². The predicted molar refractivity (Wildman–Crippen MR) is 76.0 cm³/mol. The Morgan fingerprint density at radius 1 is 1.32 bits per heavy atom. The number of aromatic amines is 1. The molecule has 0 unspecified atom stereocenters. The van der Waals surface area contributed by atoms with Crippen molar-refractivity contribution in [2.45, 2.75) is 25.7 Å². The van der Waals surface area contributed by atoms with Crippen LogP contribution in [0.4, 0.5) is 0 Å². The predicted octanol–water partition coefficient (Wildman–Crippen LogP) is 3.23. The Hall–Kier alpha value is -2.03. The average Bonchev–Trinajstić information content (AvgIpc) is 2.84. The van der Waals surface area contributed by atoms with Gasteiger partial charge in [0.2, 0.25) is 0 Å². The molecule has 1 heterocycles. The molecule has 0 atom stereocenters. The van der Waals surface area contributed by atoms with Gasteiger partial charge in [0.1, 0.15) is 0 Å². The number of H-pyrrole nitrogens is 1. The van der Waals surface area contributed by atoms with Crippen molar-refractivity contribution in [1.82, 2.24) is 4.98 Å². The van der Waals surface area contributed by atoms with Gasteiger partial charge in [0.15, 0.2) is 0 Å². The number of carbonyl (C=O) groups excluding carboxylic acids is 1. The third kappa shape index (κ3) is 2.16. The summed E-state index contributed by atoms with van der Waals surface area (Å²) < 4.78 is 4.63. The number of ether oxygens (including phenoxy) is 1. The molecule has 2 aromatic rings. The van der Waals surface area contributed by atoms with E-state index in [1.807, 2.05) is 18.2 Å². The van der Waals surface area contributed by atoms with Gasteiger partial charge in [0.05, 0.1) is 12.6 Å². The molecule has 0 aliphatic heterocycles. The Morgan fingerprint density at radius 2 is 2.16 bits per heavy atom. The number of nitrogens with one attached hydrogen (secondary N) is 1. The molecule has 0 saturated carbocycles. The minimum absolute atomic E-state index is 0.326. The van der Waals surface area contributed by atoms with Crippen molar-refractivity contribution in [3.8, 4) is 0 Å². The van der Waals surface area contributed by atoms with Gasteiger partial charge in [-0.05, 0) is 42.9 Å². The van der Waals surface area contributed by atoms with Crippen LogP contribution < -0.4 is 0 Å². The second-order valence-electron chi connectivity index (χ2n) is 4.92. The summed E-state index contributed by atoms with van der Waals surface area (Å²) >= 11 is 0. The molecule has 0 amide bonds. The van der Waals surface area contributed by atoms with E-state index in [1.54, 1.807) is 0 Å². The third-order valence-corrected chi connectivity index (χ3v) is 3.77. The van der Waals surface area contributed by atoms with Crippen molar-refractivity contribution >= 4 is 22.9 Å². The van der Waals surface area contributed by atoms with E-state index >= 15 is 0 Å². The number of methoxy groups -OCH3 is 1. The van der Waals surface area contributed by atoms with Gasteiger partial charge in [-0.3, -0.25) is 0 Å². The minimum atomic E-state index is -0.326. The molecule has 3 nitrogen and oxygen atoms in total. The van der Waals surface area contributed by atoms with Crippen molar-refractivity contribution in [2.24, 2.45) is 0 Å². The maximum absolute atomic E-state index is 11.2. The fourth-order valence-electron chi connectivity index (χ4n) is 2.82. The molecular weight excluding hydrogens is 238 g/mol. The molecule has 0 saturated heterocycles. The van der Waals surface area contributed by atoms with Gasteiger partial charge < -0.3 is 9.72 Å². The zero-order valence-corrected chi connectivity index (χ0v) is 11.0. The second kappa shape index (κ2) is 4.92. The van der Waals surface area contributed by atoms with Crippen molar-refractivity contribution in [2.75, 3.05) is 7.11 Å². The summed E-state index contributed by atoms with van der Waals surface area (Å²) in [7, 11) is 1.39. The molecule has 1 N–H and O–H groups in total. The van der Waals surface area contributed by atoms with Crippen LogP contribution in [0.15, 0.2) is 24.3 Å². The summed E-state index contributed by atoms with van der Waals surface area (Å²) in [6.07, 6.45) is 8.09. The van der Waals surface area contributed by atoms with Crippen LogP contribution in [-0.4, -0.2) is 18.1 Å². The van der Waals surface area contributed by atoms with E-state index in [0.717, 1.165) is 23.9 Å². The molecule has 1 aromatic carbocycles. The number of esters is 1. The van der Waals surface area contributed by atoms with E-state index in [4.69, 9.17) is 0 Å². The smallest absolute Gasteiger partial charge is 0.330 e. The van der Waals surface area contributed by atoms with E-state index in [9.17, 15) is 4.79 Å². The van der Waals surface area contributed by atoms with Crippen molar-refractivity contribution in [3.63, 3.8) is 0 Å². The summed E-state index contributed by atoms with van der Waals surface area (Å²) in [5.41, 5.74) is 4.99. The van der Waals surface area contributed by atoms with Gasteiger partial charge in [0.25, 0.3) is 0 Å². The van der Waals surface area contributed by atoms with E-state index in [1.165, 1.54) is 42.7 Å². The molecule has 0 fully saturated rings. The standard InChI is InChI=1S/C16H17NO2/c1-19-15(18)10-9-11-5-4-7-13-12-6-2-3-8-14(12)17-16(11)13/h4-5,7,9-10,17H,2-3,6,8H2,1H3/b10-9+. The van der Waals surface area contributed by atoms with Gasteiger partial charge in [-0.25, -0.2) is 4.79 Å². The molecule has 1 aliphatic rings. The first-order valence-corrected chi connectivity index (χ1v) is 6.68. The number of para-hydroxylation sites is 1. The normalized spacial score (nSPS) is 14.8. The highest BCUT2D eigenvalue weighted by Crippen LogP contribution is 2.31. The number of aryl methyl sites for hydroxylation is 2. The number of fused-ring (bicyclic) bond motifs is 3. The summed E-state index contributed by atoms with van der Waals surface area (Å²) in [4.78, 5) is 14.7. The Balaban J connectivity index is 2.08. The topological polar surface area (TPSA) is 42.1 Å². The van der Waals surface area contributed by atoms with Crippen LogP contribution in [0.5, 0.6) is 0 Å². The van der Waals surface area contributed by atoms with Crippen LogP contribution in [-0.2, 0) is 22.4 Å². The SMILES string of the molecule is COC(=O)/C=C/c1cccc2c3c([nH]c12)CCCC3. The number of benzene rings is 1. The van der Waals surface area contributed by atoms with Crippen LogP contribution >= 0.6 is 0 Å². The van der Waals surface area contributed by atoms with E-state index in [0.29, 0.717) is 0 Å². The van der Waals surface area contributed by atoms with Gasteiger partial charge in [-0.2, -0.15) is 0 Å². The van der Waals surface area contributed by atoms with Crippen LogP contribution in [0.3, 0.4) is 0 Å². The fraction of sp³-hybridized carbons (Fsp3) is 0.312. The van der Waals surface area contributed by atoms with Gasteiger partial charge in [-0.15, -0.1) is 0 Å². The zero-order chi connectivity index (χ0) is 13.2. The van der Waals surface area contributed by atoms with Crippen molar-refractivity contribution in [1.29, 1.82) is 0 Å². The largest absolute Gasteiger partial charge is 0.466 e. The minimum Gasteiger partial charge on any atom is -0.466 e. The molecule has 3 heteroatoms. The number of rotatable bonds is 2. The maximum Gasteiger partial charge on any atom is 0.330 e. The van der Waals surface area contributed by atoms with Crippen LogP contribution in [0, 0.1) is 0 Å². The highest BCUT2D eigenvalue weighted by atomic mass is 16.5. The molecule has 3 rings (SSSR count). The Morgan fingerprint density at radius 3 is 3.00 bits per heavy atom. The second-order valence-corrected chi connectivity index (χ2v) is 4.92. The molecule has 1 aromatic heterocycles. The maximum atomic E-state index is 11.2. The lowest BCUT2D eigenvalue weighted by Gasteiger charge is -2.10.